The topological polar surface area (TPSA) is 86.7 Å². The third-order valence-electron chi connectivity index (χ3n) is 4.47. The van der Waals surface area contributed by atoms with Crippen molar-refractivity contribution in [3.05, 3.63) is 35.4 Å². The highest BCUT2D eigenvalue weighted by molar-refractivity contribution is 6.09. The van der Waals surface area contributed by atoms with E-state index in [9.17, 15) is 14.4 Å². The number of carboxylic acid groups (broad SMARTS) is 1. The molecule has 6 heteroatoms. The molecule has 2 atom stereocenters. The van der Waals surface area contributed by atoms with Gasteiger partial charge in [-0.1, -0.05) is 45.0 Å². The highest BCUT2D eigenvalue weighted by atomic mass is 16.4. The molecule has 23 heavy (non-hydrogen) atoms. The van der Waals surface area contributed by atoms with Crippen molar-refractivity contribution >= 4 is 17.9 Å². The second kappa shape index (κ2) is 6.02. The Morgan fingerprint density at radius 2 is 1.78 bits per heavy atom. The Morgan fingerprint density at radius 3 is 2.22 bits per heavy atom. The average Bonchev–Trinajstić information content (AvgIpc) is 2.78. The molecule has 0 bridgehead atoms. The van der Waals surface area contributed by atoms with Gasteiger partial charge in [0.05, 0.1) is 0 Å². The van der Waals surface area contributed by atoms with E-state index >= 15 is 0 Å². The maximum Gasteiger partial charge on any atom is 0.326 e. The zero-order valence-corrected chi connectivity index (χ0v) is 13.8. The molecule has 1 aliphatic rings. The quantitative estimate of drug-likeness (QED) is 0.816. The summed E-state index contributed by atoms with van der Waals surface area (Å²) in [5.74, 6) is -1.37. The maximum absolute atomic E-state index is 12.8. The van der Waals surface area contributed by atoms with E-state index < -0.39 is 29.5 Å². The number of rotatable bonds is 5. The Bertz CT molecular complexity index is 638. The average molecular weight is 318 g/mol. The highest BCUT2D eigenvalue weighted by Gasteiger charge is 2.53. The van der Waals surface area contributed by atoms with Crippen LogP contribution in [0, 0.1) is 0 Å². The third kappa shape index (κ3) is 2.69. The number of imide groups is 1. The number of hydrogen-bond acceptors (Lipinski definition) is 3. The van der Waals surface area contributed by atoms with E-state index in [1.165, 1.54) is 6.92 Å². The van der Waals surface area contributed by atoms with Gasteiger partial charge in [-0.2, -0.15) is 0 Å². The SMILES string of the molecule is CCC1(c2ccc(C(C)C)cc2)NC(=O)N(C(C)C(=O)O)C1=O. The van der Waals surface area contributed by atoms with Gasteiger partial charge in [0.25, 0.3) is 5.91 Å². The number of urea groups is 1. The molecule has 1 aliphatic heterocycles. The van der Waals surface area contributed by atoms with Gasteiger partial charge >= 0.3 is 12.0 Å². The predicted octanol–water partition coefficient (Wildman–Crippen LogP) is 2.44. The molecule has 2 N–H and O–H groups in total. The van der Waals surface area contributed by atoms with Crippen molar-refractivity contribution in [3.8, 4) is 0 Å². The molecule has 1 heterocycles. The van der Waals surface area contributed by atoms with Crippen molar-refractivity contribution < 1.29 is 19.5 Å². The lowest BCUT2D eigenvalue weighted by Crippen LogP contribution is -2.46. The standard InChI is InChI=1S/C17H22N2O4/c1-5-17(13-8-6-12(7-9-13)10(2)3)15(22)19(16(23)18-17)11(4)14(20)21/h6-11H,5H2,1-4H3,(H,18,23)(H,20,21). The second-order valence-corrected chi connectivity index (χ2v) is 6.16. The number of carbonyl (C=O) groups excluding carboxylic acids is 2. The second-order valence-electron chi connectivity index (χ2n) is 6.16. The highest BCUT2D eigenvalue weighted by Crippen LogP contribution is 2.34. The molecule has 1 aromatic carbocycles. The molecular weight excluding hydrogens is 296 g/mol. The number of benzene rings is 1. The fourth-order valence-corrected chi connectivity index (χ4v) is 2.85. The van der Waals surface area contributed by atoms with Crippen LogP contribution in [0.15, 0.2) is 24.3 Å². The van der Waals surface area contributed by atoms with Gasteiger partial charge in [0.15, 0.2) is 0 Å². The minimum Gasteiger partial charge on any atom is -0.480 e. The van der Waals surface area contributed by atoms with Crippen LogP contribution in [-0.4, -0.2) is 34.0 Å². The van der Waals surface area contributed by atoms with Crippen molar-refractivity contribution in [2.24, 2.45) is 0 Å². The normalized spacial score (nSPS) is 22.4. The van der Waals surface area contributed by atoms with Gasteiger partial charge in [-0.25, -0.2) is 14.5 Å². The molecule has 1 fully saturated rings. The third-order valence-corrected chi connectivity index (χ3v) is 4.47. The van der Waals surface area contributed by atoms with E-state index in [1.807, 2.05) is 24.3 Å². The van der Waals surface area contributed by atoms with Crippen LogP contribution < -0.4 is 5.32 Å². The van der Waals surface area contributed by atoms with Crippen LogP contribution in [0.2, 0.25) is 0 Å². The summed E-state index contributed by atoms with van der Waals surface area (Å²) >= 11 is 0. The molecule has 0 spiro atoms. The van der Waals surface area contributed by atoms with E-state index in [1.54, 1.807) is 6.92 Å². The summed E-state index contributed by atoms with van der Waals surface area (Å²) in [7, 11) is 0. The number of nitrogens with zero attached hydrogens (tertiary/aromatic N) is 1. The van der Waals surface area contributed by atoms with E-state index in [-0.39, 0.29) is 0 Å². The first-order valence-electron chi connectivity index (χ1n) is 7.73. The fourth-order valence-electron chi connectivity index (χ4n) is 2.85. The summed E-state index contributed by atoms with van der Waals surface area (Å²) < 4.78 is 0. The van der Waals surface area contributed by atoms with Gasteiger partial charge in [0, 0.05) is 0 Å². The Labute approximate surface area is 135 Å². The molecule has 6 nitrogen and oxygen atoms in total. The minimum absolute atomic E-state index is 0.349. The first-order chi connectivity index (χ1) is 10.7. The summed E-state index contributed by atoms with van der Waals surface area (Å²) in [6.45, 7) is 7.27. The van der Waals surface area contributed by atoms with Crippen LogP contribution in [0.1, 0.15) is 51.2 Å². The Kier molecular flexibility index (Phi) is 4.45. The molecule has 1 aromatic rings. The van der Waals surface area contributed by atoms with Crippen LogP contribution in [0.5, 0.6) is 0 Å². The molecule has 0 radical (unpaired) electrons. The van der Waals surface area contributed by atoms with Gasteiger partial charge in [-0.3, -0.25) is 4.79 Å². The summed E-state index contributed by atoms with van der Waals surface area (Å²) in [6, 6.07) is 5.64. The van der Waals surface area contributed by atoms with Crippen molar-refractivity contribution in [2.45, 2.75) is 51.6 Å². The van der Waals surface area contributed by atoms with E-state index in [0.717, 1.165) is 10.5 Å². The lowest BCUT2D eigenvalue weighted by molar-refractivity contribution is -0.147. The number of carbonyl (C=O) groups is 3. The maximum atomic E-state index is 12.8. The summed E-state index contributed by atoms with van der Waals surface area (Å²) in [5, 5.41) is 11.8. The Morgan fingerprint density at radius 1 is 1.22 bits per heavy atom. The van der Waals surface area contributed by atoms with E-state index in [0.29, 0.717) is 17.9 Å². The van der Waals surface area contributed by atoms with Gasteiger partial charge in [-0.15, -0.1) is 0 Å². The summed E-state index contributed by atoms with van der Waals surface area (Å²) in [4.78, 5) is 37.0. The number of hydrogen-bond donors (Lipinski definition) is 2. The van der Waals surface area contributed by atoms with Crippen LogP contribution in [0.25, 0.3) is 0 Å². The number of aliphatic carboxylic acids is 1. The van der Waals surface area contributed by atoms with E-state index in [2.05, 4.69) is 19.2 Å². The number of nitrogens with one attached hydrogen (secondary N) is 1. The Hall–Kier alpha value is -2.37. The van der Waals surface area contributed by atoms with Crippen molar-refractivity contribution in [1.82, 2.24) is 10.2 Å². The zero-order valence-electron chi connectivity index (χ0n) is 13.8. The predicted molar refractivity (Wildman–Crippen MR) is 85.0 cm³/mol. The van der Waals surface area contributed by atoms with E-state index in [4.69, 9.17) is 5.11 Å². The minimum atomic E-state index is -1.21. The molecule has 0 aromatic heterocycles. The lowest BCUT2D eigenvalue weighted by Gasteiger charge is -2.27. The van der Waals surface area contributed by atoms with Gasteiger partial charge in [-0.05, 0) is 30.4 Å². The molecular formula is C17H22N2O4. The molecule has 0 saturated carbocycles. The molecule has 124 valence electrons. The Balaban J connectivity index is 2.43. The fraction of sp³-hybridized carbons (Fsp3) is 0.471. The lowest BCUT2D eigenvalue weighted by atomic mass is 9.85. The van der Waals surface area contributed by atoms with Crippen molar-refractivity contribution in [1.29, 1.82) is 0 Å². The van der Waals surface area contributed by atoms with Crippen LogP contribution in [0.4, 0.5) is 4.79 Å². The molecule has 0 aliphatic carbocycles. The van der Waals surface area contributed by atoms with Crippen LogP contribution >= 0.6 is 0 Å². The monoisotopic (exact) mass is 318 g/mol. The first kappa shape index (κ1) is 17.0. The molecule has 2 rings (SSSR count). The van der Waals surface area contributed by atoms with Crippen LogP contribution in [-0.2, 0) is 15.1 Å². The summed E-state index contributed by atoms with van der Waals surface area (Å²) in [6.07, 6.45) is 0.349. The number of amides is 3. The van der Waals surface area contributed by atoms with Crippen LogP contribution in [0.3, 0.4) is 0 Å². The summed E-state index contributed by atoms with van der Waals surface area (Å²) in [5.41, 5.74) is 0.603. The largest absolute Gasteiger partial charge is 0.480 e. The van der Waals surface area contributed by atoms with Gasteiger partial charge in [0.2, 0.25) is 0 Å². The zero-order chi connectivity index (χ0) is 17.4. The number of carboxylic acids is 1. The first-order valence-corrected chi connectivity index (χ1v) is 7.73. The van der Waals surface area contributed by atoms with Crippen molar-refractivity contribution in [3.63, 3.8) is 0 Å². The molecule has 3 amide bonds. The van der Waals surface area contributed by atoms with Gasteiger partial charge < -0.3 is 10.4 Å². The molecule has 1 saturated heterocycles. The van der Waals surface area contributed by atoms with Crippen molar-refractivity contribution in [2.75, 3.05) is 0 Å². The van der Waals surface area contributed by atoms with Gasteiger partial charge in [0.1, 0.15) is 11.6 Å². The smallest absolute Gasteiger partial charge is 0.326 e. The molecule has 2 unspecified atom stereocenters.